The second-order valence-electron chi connectivity index (χ2n) is 3.98. The van der Waals surface area contributed by atoms with Gasteiger partial charge >= 0.3 is 5.00 Å². The average Bonchev–Trinajstić information content (AvgIpc) is 2.96. The van der Waals surface area contributed by atoms with Crippen molar-refractivity contribution in [3.63, 3.8) is 0 Å². The number of rotatable bonds is 5. The first-order chi connectivity index (χ1) is 10.1. The molecule has 2 aromatic rings. The molecule has 1 heterocycles. The van der Waals surface area contributed by atoms with E-state index >= 15 is 0 Å². The molecular weight excluding hydrogens is 294 g/mol. The van der Waals surface area contributed by atoms with Gasteiger partial charge in [0, 0.05) is 6.07 Å². The highest BCUT2D eigenvalue weighted by atomic mass is 32.1. The maximum Gasteiger partial charge on any atom is 0.324 e. The van der Waals surface area contributed by atoms with Crippen molar-refractivity contribution < 1.29 is 14.8 Å². The topological polar surface area (TPSA) is 105 Å². The van der Waals surface area contributed by atoms with E-state index in [1.165, 1.54) is 18.3 Å². The Kier molecular flexibility index (Phi) is 4.75. The van der Waals surface area contributed by atoms with Gasteiger partial charge < -0.3 is 5.11 Å². The highest BCUT2D eigenvalue weighted by Gasteiger charge is 2.16. The number of hydrazone groups is 1. The van der Waals surface area contributed by atoms with Crippen molar-refractivity contribution in [3.05, 3.63) is 63.0 Å². The average molecular weight is 305 g/mol. The largest absolute Gasteiger partial charge is 0.378 e. The second-order valence-corrected chi connectivity index (χ2v) is 5.07. The molecule has 0 aliphatic carbocycles. The molecule has 21 heavy (non-hydrogen) atoms. The molecule has 1 amide bonds. The van der Waals surface area contributed by atoms with Crippen molar-refractivity contribution >= 4 is 28.5 Å². The lowest BCUT2D eigenvalue weighted by atomic mass is 10.1. The van der Waals surface area contributed by atoms with Crippen LogP contribution in [0.4, 0.5) is 5.00 Å². The number of hydrogen-bond acceptors (Lipinski definition) is 6. The van der Waals surface area contributed by atoms with Crippen LogP contribution in [0.15, 0.2) is 47.6 Å². The van der Waals surface area contributed by atoms with Gasteiger partial charge in [-0.25, -0.2) is 5.43 Å². The van der Waals surface area contributed by atoms with Gasteiger partial charge in [0.15, 0.2) is 6.10 Å². The Hall–Kier alpha value is -2.58. The molecule has 0 spiro atoms. The molecule has 2 rings (SSSR count). The van der Waals surface area contributed by atoms with Crippen LogP contribution in [0.1, 0.15) is 16.5 Å². The van der Waals surface area contributed by atoms with E-state index in [1.807, 2.05) is 0 Å². The first-order valence-corrected chi connectivity index (χ1v) is 6.70. The lowest BCUT2D eigenvalue weighted by molar-refractivity contribution is -0.380. The minimum atomic E-state index is -1.32. The van der Waals surface area contributed by atoms with Crippen molar-refractivity contribution in [2.24, 2.45) is 5.10 Å². The van der Waals surface area contributed by atoms with E-state index in [-0.39, 0.29) is 5.00 Å². The zero-order valence-electron chi connectivity index (χ0n) is 10.7. The molecule has 7 nitrogen and oxygen atoms in total. The summed E-state index contributed by atoms with van der Waals surface area (Å²) in [5, 5.41) is 24.0. The molecule has 1 aromatic carbocycles. The summed E-state index contributed by atoms with van der Waals surface area (Å²) in [7, 11) is 0. The fourth-order valence-corrected chi connectivity index (χ4v) is 2.21. The normalized spacial score (nSPS) is 12.2. The Labute approximate surface area is 123 Å². The van der Waals surface area contributed by atoms with Crippen LogP contribution in [-0.2, 0) is 4.79 Å². The number of nitro groups is 1. The first kappa shape index (κ1) is 14.8. The molecular formula is C13H11N3O4S. The highest BCUT2D eigenvalue weighted by Crippen LogP contribution is 2.22. The number of carbonyl (C=O) groups is 1. The fraction of sp³-hybridized carbons (Fsp3) is 0.0769. The van der Waals surface area contributed by atoms with Crippen molar-refractivity contribution in [1.29, 1.82) is 0 Å². The number of thiophene rings is 1. The number of nitrogens with one attached hydrogen (secondary N) is 1. The number of nitrogens with zero attached hydrogens (tertiary/aromatic N) is 2. The van der Waals surface area contributed by atoms with Gasteiger partial charge in [-0.05, 0) is 11.6 Å². The maximum absolute atomic E-state index is 11.7. The van der Waals surface area contributed by atoms with Gasteiger partial charge in [-0.15, -0.1) is 0 Å². The van der Waals surface area contributed by atoms with E-state index in [4.69, 9.17) is 0 Å². The predicted octanol–water partition coefficient (Wildman–Crippen LogP) is 1.84. The zero-order chi connectivity index (χ0) is 15.2. The quantitative estimate of drug-likeness (QED) is 0.499. The molecule has 1 aromatic heterocycles. The molecule has 0 aliphatic rings. The van der Waals surface area contributed by atoms with Crippen LogP contribution < -0.4 is 5.43 Å². The molecule has 8 heteroatoms. The summed E-state index contributed by atoms with van der Waals surface area (Å²) in [6.07, 6.45) is -0.0335. The first-order valence-electron chi connectivity index (χ1n) is 5.88. The van der Waals surface area contributed by atoms with Crippen molar-refractivity contribution in [1.82, 2.24) is 5.43 Å². The summed E-state index contributed by atoms with van der Waals surface area (Å²) in [6, 6.07) is 11.3. The summed E-state index contributed by atoms with van der Waals surface area (Å²) in [5.74, 6) is -0.677. The van der Waals surface area contributed by atoms with E-state index in [0.717, 1.165) is 11.3 Å². The van der Waals surface area contributed by atoms with Crippen LogP contribution in [0.3, 0.4) is 0 Å². The minimum Gasteiger partial charge on any atom is -0.378 e. The standard InChI is InChI=1S/C13H11N3O4S/c17-12(9-4-2-1-3-5-9)13(18)15-14-8-10-6-7-11(21-10)16(19)20/h1-8,12,17H,(H,15,18)/b14-8+. The number of aliphatic hydroxyl groups excluding tert-OH is 1. The van der Waals surface area contributed by atoms with Gasteiger partial charge in [0.2, 0.25) is 0 Å². The fourth-order valence-electron chi connectivity index (χ4n) is 1.52. The molecule has 2 N–H and O–H groups in total. The van der Waals surface area contributed by atoms with Crippen molar-refractivity contribution in [3.8, 4) is 0 Å². The SMILES string of the molecule is O=C(N/N=C/c1ccc([N+](=O)[O-])s1)C(O)c1ccccc1. The summed E-state index contributed by atoms with van der Waals surface area (Å²) in [4.78, 5) is 22.2. The van der Waals surface area contributed by atoms with Crippen LogP contribution in [0, 0.1) is 10.1 Å². The van der Waals surface area contributed by atoms with E-state index in [2.05, 4.69) is 10.5 Å². The predicted molar refractivity (Wildman–Crippen MR) is 78.1 cm³/mol. The Balaban J connectivity index is 1.94. The maximum atomic E-state index is 11.7. The van der Waals surface area contributed by atoms with Crippen LogP contribution >= 0.6 is 11.3 Å². The van der Waals surface area contributed by atoms with Crippen molar-refractivity contribution in [2.75, 3.05) is 0 Å². The van der Waals surface area contributed by atoms with Gasteiger partial charge in [0.25, 0.3) is 5.91 Å². The van der Waals surface area contributed by atoms with Gasteiger partial charge in [-0.2, -0.15) is 5.10 Å². The van der Waals surface area contributed by atoms with Gasteiger partial charge in [0.05, 0.1) is 16.0 Å². The lowest BCUT2D eigenvalue weighted by Crippen LogP contribution is -2.25. The smallest absolute Gasteiger partial charge is 0.324 e. The molecule has 0 saturated carbocycles. The summed E-state index contributed by atoms with van der Waals surface area (Å²) in [5.41, 5.74) is 2.64. The van der Waals surface area contributed by atoms with E-state index in [0.29, 0.717) is 10.4 Å². The summed E-state index contributed by atoms with van der Waals surface area (Å²) >= 11 is 0.935. The van der Waals surface area contributed by atoms with E-state index in [9.17, 15) is 20.0 Å². The lowest BCUT2D eigenvalue weighted by Gasteiger charge is -2.08. The number of carbonyl (C=O) groups excluding carboxylic acids is 1. The van der Waals surface area contributed by atoms with Gasteiger partial charge in [0.1, 0.15) is 0 Å². The highest BCUT2D eigenvalue weighted by molar-refractivity contribution is 7.16. The minimum absolute atomic E-state index is 0.00732. The van der Waals surface area contributed by atoms with Crippen LogP contribution in [0.5, 0.6) is 0 Å². The summed E-state index contributed by atoms with van der Waals surface area (Å²) in [6.45, 7) is 0. The van der Waals surface area contributed by atoms with Crippen LogP contribution in [0.25, 0.3) is 0 Å². The second kappa shape index (κ2) is 6.73. The van der Waals surface area contributed by atoms with Crippen molar-refractivity contribution in [2.45, 2.75) is 6.10 Å². The molecule has 0 bridgehead atoms. The molecule has 0 aliphatic heterocycles. The molecule has 0 saturated heterocycles. The third-order valence-electron chi connectivity index (χ3n) is 2.52. The zero-order valence-corrected chi connectivity index (χ0v) is 11.5. The molecule has 1 unspecified atom stereocenters. The molecule has 1 atom stereocenters. The molecule has 0 fully saturated rings. The number of amides is 1. The third-order valence-corrected chi connectivity index (χ3v) is 3.49. The number of hydrogen-bond donors (Lipinski definition) is 2. The number of benzene rings is 1. The van der Waals surface area contributed by atoms with Gasteiger partial charge in [-0.3, -0.25) is 14.9 Å². The van der Waals surface area contributed by atoms with E-state index in [1.54, 1.807) is 30.3 Å². The van der Waals surface area contributed by atoms with Gasteiger partial charge in [-0.1, -0.05) is 41.7 Å². The Morgan fingerprint density at radius 1 is 1.33 bits per heavy atom. The third kappa shape index (κ3) is 3.94. The Morgan fingerprint density at radius 3 is 2.67 bits per heavy atom. The van der Waals surface area contributed by atoms with E-state index < -0.39 is 16.9 Å². The Bertz CT molecular complexity index is 669. The number of aliphatic hydroxyl groups is 1. The molecule has 0 radical (unpaired) electrons. The molecule has 108 valence electrons. The Morgan fingerprint density at radius 2 is 2.05 bits per heavy atom. The van der Waals surface area contributed by atoms with Crippen LogP contribution in [0.2, 0.25) is 0 Å². The summed E-state index contributed by atoms with van der Waals surface area (Å²) < 4.78 is 0. The monoisotopic (exact) mass is 305 g/mol. The van der Waals surface area contributed by atoms with Crippen LogP contribution in [-0.4, -0.2) is 22.2 Å².